The van der Waals surface area contributed by atoms with Gasteiger partial charge in [0.25, 0.3) is 0 Å². The highest BCUT2D eigenvalue weighted by Crippen LogP contribution is 2.20. The van der Waals surface area contributed by atoms with Gasteiger partial charge in [-0.25, -0.2) is 0 Å². The second-order valence-corrected chi connectivity index (χ2v) is 7.05. The molecule has 7 heteroatoms. The molecule has 2 aromatic heterocycles. The molecule has 1 N–H and O–H groups in total. The van der Waals surface area contributed by atoms with E-state index in [2.05, 4.69) is 15.5 Å². The van der Waals surface area contributed by atoms with Crippen LogP contribution in [0.25, 0.3) is 5.65 Å². The van der Waals surface area contributed by atoms with Gasteiger partial charge in [-0.2, -0.15) is 11.8 Å². The van der Waals surface area contributed by atoms with E-state index in [-0.39, 0.29) is 18.4 Å². The van der Waals surface area contributed by atoms with Gasteiger partial charge in [0.1, 0.15) is 0 Å². The molecule has 0 aliphatic heterocycles. The lowest BCUT2D eigenvalue weighted by Crippen LogP contribution is -2.31. The van der Waals surface area contributed by atoms with E-state index in [9.17, 15) is 4.79 Å². The van der Waals surface area contributed by atoms with Crippen LogP contribution in [0.5, 0.6) is 0 Å². The van der Waals surface area contributed by atoms with Crippen LogP contribution in [0.1, 0.15) is 23.9 Å². The number of carbonyl (C=O) groups is 1. The Labute approximate surface area is 155 Å². The quantitative estimate of drug-likeness (QED) is 0.687. The van der Waals surface area contributed by atoms with Crippen molar-refractivity contribution in [2.75, 3.05) is 12.0 Å². The van der Waals surface area contributed by atoms with Gasteiger partial charge in [-0.3, -0.25) is 9.20 Å². The molecule has 0 radical (unpaired) electrons. The minimum atomic E-state index is -0.195. The zero-order valence-electron chi connectivity index (χ0n) is 13.9. The fourth-order valence-corrected chi connectivity index (χ4v) is 3.33. The molecule has 0 aliphatic carbocycles. The minimum Gasteiger partial charge on any atom is -0.346 e. The topological polar surface area (TPSA) is 59.3 Å². The number of aromatic nitrogens is 3. The summed E-state index contributed by atoms with van der Waals surface area (Å²) in [5.74, 6) is 1.59. The number of rotatable bonds is 7. The van der Waals surface area contributed by atoms with Gasteiger partial charge >= 0.3 is 0 Å². The summed E-state index contributed by atoms with van der Waals surface area (Å²) in [6.45, 7) is 0. The minimum absolute atomic E-state index is 0.0770. The number of hydrogen-bond donors (Lipinski definition) is 1. The number of amides is 1. The molecule has 3 rings (SSSR count). The Kier molecular flexibility index (Phi) is 5.94. The van der Waals surface area contributed by atoms with E-state index < -0.39 is 0 Å². The second-order valence-electron chi connectivity index (χ2n) is 5.66. The van der Waals surface area contributed by atoms with E-state index in [4.69, 9.17) is 11.6 Å². The number of fused-ring (bicyclic) bond motifs is 1. The Morgan fingerprint density at radius 3 is 2.84 bits per heavy atom. The number of hydrogen-bond acceptors (Lipinski definition) is 4. The number of benzene rings is 1. The smallest absolute Gasteiger partial charge is 0.225 e. The number of carbonyl (C=O) groups excluding carboxylic acids is 1. The van der Waals surface area contributed by atoms with Crippen molar-refractivity contribution in [1.82, 2.24) is 19.9 Å². The molecule has 3 aromatic rings. The zero-order chi connectivity index (χ0) is 17.6. The molecule has 1 amide bonds. The average molecular weight is 375 g/mol. The van der Waals surface area contributed by atoms with E-state index in [0.29, 0.717) is 5.02 Å². The lowest BCUT2D eigenvalue weighted by atomic mass is 10.1. The predicted molar refractivity (Wildman–Crippen MR) is 102 cm³/mol. The van der Waals surface area contributed by atoms with Crippen molar-refractivity contribution in [2.24, 2.45) is 0 Å². The van der Waals surface area contributed by atoms with Crippen molar-refractivity contribution in [3.05, 3.63) is 65.1 Å². The molecular weight excluding hydrogens is 356 g/mol. The van der Waals surface area contributed by atoms with Crippen LogP contribution in [0.2, 0.25) is 5.02 Å². The van der Waals surface area contributed by atoms with Crippen molar-refractivity contribution in [3.63, 3.8) is 0 Å². The number of pyridine rings is 1. The van der Waals surface area contributed by atoms with E-state index >= 15 is 0 Å². The highest BCUT2D eigenvalue weighted by Gasteiger charge is 2.20. The molecule has 0 saturated carbocycles. The predicted octanol–water partition coefficient (Wildman–Crippen LogP) is 3.54. The van der Waals surface area contributed by atoms with Crippen LogP contribution < -0.4 is 5.32 Å². The Morgan fingerprint density at radius 2 is 2.04 bits per heavy atom. The van der Waals surface area contributed by atoms with Crippen LogP contribution in [0, 0.1) is 0 Å². The standard InChI is InChI=1S/C18H19ClN4OS/c1-25-11-9-15(18-22-21-16-8-4-5-10-23(16)18)20-17(24)12-13-6-2-3-7-14(13)19/h2-8,10,15H,9,11-12H2,1H3,(H,20,24). The lowest BCUT2D eigenvalue weighted by molar-refractivity contribution is -0.121. The van der Waals surface area contributed by atoms with Crippen LogP contribution >= 0.6 is 23.4 Å². The van der Waals surface area contributed by atoms with Crippen LogP contribution in [-0.2, 0) is 11.2 Å². The fourth-order valence-electron chi connectivity index (χ4n) is 2.66. The van der Waals surface area contributed by atoms with Gasteiger partial charge in [-0.1, -0.05) is 35.9 Å². The summed E-state index contributed by atoms with van der Waals surface area (Å²) in [7, 11) is 0. The molecule has 130 valence electrons. The molecular formula is C18H19ClN4OS. The molecule has 1 atom stereocenters. The SMILES string of the molecule is CSCCC(NC(=O)Cc1ccccc1Cl)c1nnc2ccccn12. The van der Waals surface area contributed by atoms with Crippen LogP contribution in [0.15, 0.2) is 48.7 Å². The molecule has 5 nitrogen and oxygen atoms in total. The first-order valence-corrected chi connectivity index (χ1v) is 9.77. The van der Waals surface area contributed by atoms with Crippen molar-refractivity contribution in [1.29, 1.82) is 0 Å². The van der Waals surface area contributed by atoms with Gasteiger partial charge in [0.05, 0.1) is 12.5 Å². The Bertz CT molecular complexity index is 867. The molecule has 0 spiro atoms. The molecule has 1 unspecified atom stereocenters. The normalized spacial score (nSPS) is 12.2. The third-order valence-electron chi connectivity index (χ3n) is 3.91. The third-order valence-corrected chi connectivity index (χ3v) is 4.92. The average Bonchev–Trinajstić information content (AvgIpc) is 3.04. The van der Waals surface area contributed by atoms with Crippen LogP contribution in [-0.4, -0.2) is 32.5 Å². The van der Waals surface area contributed by atoms with E-state index in [1.54, 1.807) is 17.8 Å². The molecule has 0 saturated heterocycles. The van der Waals surface area contributed by atoms with Crippen molar-refractivity contribution >= 4 is 34.9 Å². The Morgan fingerprint density at radius 1 is 1.24 bits per heavy atom. The molecule has 0 bridgehead atoms. The fraction of sp³-hybridized carbons (Fsp3) is 0.278. The molecule has 2 heterocycles. The number of halogens is 1. The summed E-state index contributed by atoms with van der Waals surface area (Å²) in [6, 6.07) is 12.9. The van der Waals surface area contributed by atoms with Crippen molar-refractivity contribution < 1.29 is 4.79 Å². The monoisotopic (exact) mass is 374 g/mol. The van der Waals surface area contributed by atoms with Crippen LogP contribution in [0.3, 0.4) is 0 Å². The van der Waals surface area contributed by atoms with Crippen molar-refractivity contribution in [2.45, 2.75) is 18.9 Å². The largest absolute Gasteiger partial charge is 0.346 e. The maximum atomic E-state index is 12.5. The third kappa shape index (κ3) is 4.32. The molecule has 0 fully saturated rings. The van der Waals surface area contributed by atoms with Gasteiger partial charge in [0.2, 0.25) is 5.91 Å². The highest BCUT2D eigenvalue weighted by atomic mass is 35.5. The first-order valence-electron chi connectivity index (χ1n) is 8.00. The summed E-state index contributed by atoms with van der Waals surface area (Å²) in [5.41, 5.74) is 1.59. The van der Waals surface area contributed by atoms with E-state index in [1.165, 1.54) is 0 Å². The van der Waals surface area contributed by atoms with Gasteiger partial charge in [-0.05, 0) is 42.2 Å². The van der Waals surface area contributed by atoms with Crippen molar-refractivity contribution in [3.8, 4) is 0 Å². The van der Waals surface area contributed by atoms with Gasteiger partial charge in [-0.15, -0.1) is 10.2 Å². The second kappa shape index (κ2) is 8.36. The van der Waals surface area contributed by atoms with Gasteiger partial charge < -0.3 is 5.32 Å². The van der Waals surface area contributed by atoms with Gasteiger partial charge in [0.15, 0.2) is 11.5 Å². The Hall–Kier alpha value is -2.05. The number of nitrogens with one attached hydrogen (secondary N) is 1. The maximum Gasteiger partial charge on any atom is 0.225 e. The lowest BCUT2D eigenvalue weighted by Gasteiger charge is -2.17. The number of thioether (sulfide) groups is 1. The Balaban J connectivity index is 1.79. The zero-order valence-corrected chi connectivity index (χ0v) is 15.4. The summed E-state index contributed by atoms with van der Waals surface area (Å²) in [6.07, 6.45) is 4.98. The first-order chi connectivity index (χ1) is 12.2. The van der Waals surface area contributed by atoms with Crippen LogP contribution in [0.4, 0.5) is 0 Å². The van der Waals surface area contributed by atoms with Gasteiger partial charge in [0, 0.05) is 11.2 Å². The summed E-state index contributed by atoms with van der Waals surface area (Å²) < 4.78 is 1.92. The molecule has 25 heavy (non-hydrogen) atoms. The number of nitrogens with zero attached hydrogens (tertiary/aromatic N) is 3. The van der Waals surface area contributed by atoms with E-state index in [0.717, 1.165) is 29.2 Å². The first kappa shape index (κ1) is 17.8. The highest BCUT2D eigenvalue weighted by molar-refractivity contribution is 7.98. The maximum absolute atomic E-state index is 12.5. The summed E-state index contributed by atoms with van der Waals surface area (Å²) in [5, 5.41) is 12.2. The molecule has 1 aromatic carbocycles. The summed E-state index contributed by atoms with van der Waals surface area (Å²) >= 11 is 7.89. The molecule has 0 aliphatic rings. The summed E-state index contributed by atoms with van der Waals surface area (Å²) in [4.78, 5) is 12.5. The van der Waals surface area contributed by atoms with E-state index in [1.807, 2.05) is 53.3 Å².